The van der Waals surface area contributed by atoms with Crippen LogP contribution in [0.2, 0.25) is 0 Å². The summed E-state index contributed by atoms with van der Waals surface area (Å²) < 4.78 is 5.58. The number of hydrogen-bond donors (Lipinski definition) is 1. The van der Waals surface area contributed by atoms with Crippen molar-refractivity contribution < 1.29 is 14.3 Å². The van der Waals surface area contributed by atoms with Crippen LogP contribution < -0.4 is 10.1 Å². The molecule has 1 atom stereocenters. The SMILES string of the molecule is CCCCOc1ccc(C(=O)C2CCCCNC2=O)cc1. The van der Waals surface area contributed by atoms with Gasteiger partial charge in [-0.2, -0.15) is 0 Å². The molecule has 4 heteroatoms. The van der Waals surface area contributed by atoms with Crippen LogP contribution >= 0.6 is 0 Å². The topological polar surface area (TPSA) is 55.4 Å². The van der Waals surface area contributed by atoms with Crippen molar-refractivity contribution in [2.75, 3.05) is 13.2 Å². The van der Waals surface area contributed by atoms with Gasteiger partial charge in [-0.1, -0.05) is 19.8 Å². The summed E-state index contributed by atoms with van der Waals surface area (Å²) >= 11 is 0. The van der Waals surface area contributed by atoms with Crippen LogP contribution in [0.4, 0.5) is 0 Å². The van der Waals surface area contributed by atoms with Gasteiger partial charge in [-0.15, -0.1) is 0 Å². The fourth-order valence-electron chi connectivity index (χ4n) is 2.44. The smallest absolute Gasteiger partial charge is 0.230 e. The summed E-state index contributed by atoms with van der Waals surface area (Å²) in [5.41, 5.74) is 0.583. The maximum atomic E-state index is 12.4. The van der Waals surface area contributed by atoms with Gasteiger partial charge in [0.25, 0.3) is 0 Å². The number of hydrogen-bond acceptors (Lipinski definition) is 3. The molecule has 0 radical (unpaired) electrons. The highest BCUT2D eigenvalue weighted by Crippen LogP contribution is 2.20. The van der Waals surface area contributed by atoms with E-state index in [4.69, 9.17) is 4.74 Å². The summed E-state index contributed by atoms with van der Waals surface area (Å²) in [6.45, 7) is 3.48. The summed E-state index contributed by atoms with van der Waals surface area (Å²) in [5.74, 6) is -0.0000387. The van der Waals surface area contributed by atoms with E-state index in [-0.39, 0.29) is 11.7 Å². The van der Waals surface area contributed by atoms with Gasteiger partial charge in [-0.05, 0) is 43.5 Å². The van der Waals surface area contributed by atoms with Crippen LogP contribution in [0.15, 0.2) is 24.3 Å². The van der Waals surface area contributed by atoms with Gasteiger partial charge in [0.1, 0.15) is 11.7 Å². The number of ketones is 1. The number of rotatable bonds is 6. The summed E-state index contributed by atoms with van der Waals surface area (Å²) in [7, 11) is 0. The van der Waals surface area contributed by atoms with Gasteiger partial charge in [-0.3, -0.25) is 9.59 Å². The molecule has 1 aliphatic heterocycles. The van der Waals surface area contributed by atoms with Gasteiger partial charge >= 0.3 is 0 Å². The lowest BCUT2D eigenvalue weighted by atomic mass is 9.93. The molecule has 0 bridgehead atoms. The Hall–Kier alpha value is -1.84. The van der Waals surface area contributed by atoms with Gasteiger partial charge < -0.3 is 10.1 Å². The molecule has 1 aromatic rings. The largest absolute Gasteiger partial charge is 0.494 e. The van der Waals surface area contributed by atoms with Gasteiger partial charge in [0.05, 0.1) is 6.61 Å². The summed E-state index contributed by atoms with van der Waals surface area (Å²) in [4.78, 5) is 24.3. The Bertz CT molecular complexity index is 481. The molecule has 1 unspecified atom stereocenters. The summed E-state index contributed by atoms with van der Waals surface area (Å²) in [6.07, 6.45) is 4.60. The van der Waals surface area contributed by atoms with Crippen LogP contribution in [-0.2, 0) is 4.79 Å². The molecular formula is C17H23NO3. The molecule has 1 fully saturated rings. The summed E-state index contributed by atoms with van der Waals surface area (Å²) in [5, 5.41) is 2.81. The highest BCUT2D eigenvalue weighted by molar-refractivity contribution is 6.10. The lowest BCUT2D eigenvalue weighted by molar-refractivity contribution is -0.123. The van der Waals surface area contributed by atoms with Crippen molar-refractivity contribution >= 4 is 11.7 Å². The predicted octanol–water partition coefficient (Wildman–Crippen LogP) is 2.96. The average molecular weight is 289 g/mol. The van der Waals surface area contributed by atoms with Crippen molar-refractivity contribution in [3.05, 3.63) is 29.8 Å². The van der Waals surface area contributed by atoms with Gasteiger partial charge in [-0.25, -0.2) is 0 Å². The van der Waals surface area contributed by atoms with Crippen LogP contribution in [0.3, 0.4) is 0 Å². The molecule has 1 N–H and O–H groups in total. The second-order valence-corrected chi connectivity index (χ2v) is 5.43. The number of benzene rings is 1. The van der Waals surface area contributed by atoms with Crippen molar-refractivity contribution in [3.63, 3.8) is 0 Å². The average Bonchev–Trinajstić information content (AvgIpc) is 2.72. The highest BCUT2D eigenvalue weighted by atomic mass is 16.5. The third-order valence-corrected chi connectivity index (χ3v) is 3.76. The molecule has 21 heavy (non-hydrogen) atoms. The first-order chi connectivity index (χ1) is 10.2. The van der Waals surface area contributed by atoms with E-state index in [0.29, 0.717) is 25.1 Å². The lowest BCUT2D eigenvalue weighted by Crippen LogP contribution is -2.33. The van der Waals surface area contributed by atoms with Crippen molar-refractivity contribution in [3.8, 4) is 5.75 Å². The monoisotopic (exact) mass is 289 g/mol. The second kappa shape index (κ2) is 7.81. The van der Waals surface area contributed by atoms with E-state index < -0.39 is 5.92 Å². The first-order valence-electron chi connectivity index (χ1n) is 7.77. The van der Waals surface area contributed by atoms with Gasteiger partial charge in [0, 0.05) is 12.1 Å². The highest BCUT2D eigenvalue weighted by Gasteiger charge is 2.28. The number of unbranched alkanes of at least 4 members (excludes halogenated alkanes) is 1. The minimum absolute atomic E-state index is 0.0884. The number of Topliss-reactive ketones (excluding diaryl/α,β-unsaturated/α-hetero) is 1. The molecule has 1 aliphatic rings. The van der Waals surface area contributed by atoms with Crippen molar-refractivity contribution in [1.29, 1.82) is 0 Å². The number of carbonyl (C=O) groups is 2. The molecule has 0 spiro atoms. The van der Waals surface area contributed by atoms with E-state index in [1.165, 1.54) is 0 Å². The zero-order valence-corrected chi connectivity index (χ0v) is 12.6. The van der Waals surface area contributed by atoms with Crippen LogP contribution in [0.5, 0.6) is 5.75 Å². The molecular weight excluding hydrogens is 266 g/mol. The van der Waals surface area contributed by atoms with Crippen LogP contribution in [-0.4, -0.2) is 24.8 Å². The molecule has 4 nitrogen and oxygen atoms in total. The van der Waals surface area contributed by atoms with E-state index in [0.717, 1.165) is 31.4 Å². The molecule has 1 heterocycles. The first-order valence-corrected chi connectivity index (χ1v) is 7.77. The Labute approximate surface area is 125 Å². The van der Waals surface area contributed by atoms with Crippen molar-refractivity contribution in [2.45, 2.75) is 39.0 Å². The number of amides is 1. The van der Waals surface area contributed by atoms with Crippen LogP contribution in [0, 0.1) is 5.92 Å². The zero-order valence-electron chi connectivity index (χ0n) is 12.6. The molecule has 0 aromatic heterocycles. The Morgan fingerprint density at radius 3 is 2.76 bits per heavy atom. The van der Waals surface area contributed by atoms with Crippen LogP contribution in [0.1, 0.15) is 49.4 Å². The minimum atomic E-state index is -0.542. The van der Waals surface area contributed by atoms with E-state index in [1.54, 1.807) is 24.3 Å². The lowest BCUT2D eigenvalue weighted by Gasteiger charge is -2.12. The number of carbonyl (C=O) groups excluding carboxylic acids is 2. The van der Waals surface area contributed by atoms with E-state index in [1.807, 2.05) is 0 Å². The zero-order chi connectivity index (χ0) is 15.1. The fraction of sp³-hybridized carbons (Fsp3) is 0.529. The third kappa shape index (κ3) is 4.31. The molecule has 114 valence electrons. The van der Waals surface area contributed by atoms with E-state index in [9.17, 15) is 9.59 Å². The van der Waals surface area contributed by atoms with Crippen LogP contribution in [0.25, 0.3) is 0 Å². The predicted molar refractivity (Wildman–Crippen MR) is 81.5 cm³/mol. The Morgan fingerprint density at radius 1 is 1.29 bits per heavy atom. The van der Waals surface area contributed by atoms with Crippen molar-refractivity contribution in [1.82, 2.24) is 5.32 Å². The number of ether oxygens (including phenoxy) is 1. The molecule has 1 saturated heterocycles. The molecule has 1 amide bonds. The molecule has 0 aliphatic carbocycles. The van der Waals surface area contributed by atoms with Gasteiger partial charge in [0.15, 0.2) is 5.78 Å². The number of nitrogens with one attached hydrogen (secondary N) is 1. The first kappa shape index (κ1) is 15.5. The van der Waals surface area contributed by atoms with E-state index in [2.05, 4.69) is 12.2 Å². The molecule has 0 saturated carbocycles. The quantitative estimate of drug-likeness (QED) is 0.497. The second-order valence-electron chi connectivity index (χ2n) is 5.43. The summed E-state index contributed by atoms with van der Waals surface area (Å²) in [6, 6.07) is 7.11. The van der Waals surface area contributed by atoms with Crippen molar-refractivity contribution in [2.24, 2.45) is 5.92 Å². The molecule has 2 rings (SSSR count). The standard InChI is InChI=1S/C17H23NO3/c1-2-3-12-21-14-9-7-13(8-10-14)16(19)15-6-4-5-11-18-17(15)20/h7-10,15H,2-6,11-12H2,1H3,(H,18,20). The third-order valence-electron chi connectivity index (χ3n) is 3.76. The van der Waals surface area contributed by atoms with Gasteiger partial charge in [0.2, 0.25) is 5.91 Å². The minimum Gasteiger partial charge on any atom is -0.494 e. The Balaban J connectivity index is 2.00. The molecule has 1 aromatic carbocycles. The fourth-order valence-corrected chi connectivity index (χ4v) is 2.44. The van der Waals surface area contributed by atoms with E-state index >= 15 is 0 Å². The normalized spacial score (nSPS) is 18.7. The maximum absolute atomic E-state index is 12.4. The Kier molecular flexibility index (Phi) is 5.78. The Morgan fingerprint density at radius 2 is 2.05 bits per heavy atom. The maximum Gasteiger partial charge on any atom is 0.230 e.